The highest BCUT2D eigenvalue weighted by atomic mass is 19.4. The summed E-state index contributed by atoms with van der Waals surface area (Å²) in [5.41, 5.74) is 1.09. The summed E-state index contributed by atoms with van der Waals surface area (Å²) in [4.78, 5) is 4.07. The third-order valence-corrected chi connectivity index (χ3v) is 3.18. The predicted octanol–water partition coefficient (Wildman–Crippen LogP) is 2.30. The summed E-state index contributed by atoms with van der Waals surface area (Å²) < 4.78 is 39.2. The van der Waals surface area contributed by atoms with Crippen LogP contribution < -0.4 is 10.6 Å². The van der Waals surface area contributed by atoms with Crippen molar-refractivity contribution in [1.82, 2.24) is 20.4 Å². The van der Waals surface area contributed by atoms with Gasteiger partial charge in [-0.2, -0.15) is 18.3 Å². The van der Waals surface area contributed by atoms with Crippen molar-refractivity contribution >= 4 is 5.96 Å². The Bertz CT molecular complexity index is 658. The molecule has 0 atom stereocenters. The largest absolute Gasteiger partial charge is 0.416 e. The summed E-state index contributed by atoms with van der Waals surface area (Å²) in [5, 5.41) is 10.2. The van der Waals surface area contributed by atoms with Crippen molar-refractivity contribution in [1.29, 1.82) is 0 Å². The molecule has 0 saturated heterocycles. The normalized spacial score (nSPS) is 12.3. The van der Waals surface area contributed by atoms with Gasteiger partial charge in [-0.25, -0.2) is 0 Å². The van der Waals surface area contributed by atoms with E-state index in [9.17, 15) is 13.2 Å². The van der Waals surface area contributed by atoms with Gasteiger partial charge in [-0.3, -0.25) is 9.67 Å². The van der Waals surface area contributed by atoms with Crippen LogP contribution in [0.2, 0.25) is 0 Å². The molecule has 2 N–H and O–H groups in total. The van der Waals surface area contributed by atoms with Gasteiger partial charge in [-0.15, -0.1) is 0 Å². The van der Waals surface area contributed by atoms with E-state index in [-0.39, 0.29) is 0 Å². The molecule has 0 saturated carbocycles. The maximum Gasteiger partial charge on any atom is 0.416 e. The standard InChI is InChI=1S/C15H18F3N5/c1-19-14(21-8-12-9-22-23(2)10-12)20-7-11-3-5-13(6-4-11)15(16,17)18/h3-6,9-10H,7-8H2,1-2H3,(H2,19,20,21). The first-order valence-electron chi connectivity index (χ1n) is 6.96. The molecule has 0 aliphatic carbocycles. The fraction of sp³-hybridized carbons (Fsp3) is 0.333. The van der Waals surface area contributed by atoms with Crippen molar-refractivity contribution in [2.75, 3.05) is 7.05 Å². The third kappa shape index (κ3) is 5.01. The number of rotatable bonds is 4. The van der Waals surface area contributed by atoms with Crippen LogP contribution in [-0.2, 0) is 26.3 Å². The molecule has 23 heavy (non-hydrogen) atoms. The highest BCUT2D eigenvalue weighted by Gasteiger charge is 2.29. The van der Waals surface area contributed by atoms with Crippen LogP contribution in [0.3, 0.4) is 0 Å². The smallest absolute Gasteiger partial charge is 0.352 e. The monoisotopic (exact) mass is 325 g/mol. The number of aliphatic imine (C=N–C) groups is 1. The number of halogens is 3. The Morgan fingerprint density at radius 2 is 1.74 bits per heavy atom. The minimum atomic E-state index is -4.31. The van der Waals surface area contributed by atoms with E-state index in [2.05, 4.69) is 20.7 Å². The van der Waals surface area contributed by atoms with E-state index < -0.39 is 11.7 Å². The minimum absolute atomic E-state index is 0.380. The second kappa shape index (κ2) is 7.17. The Morgan fingerprint density at radius 1 is 1.13 bits per heavy atom. The van der Waals surface area contributed by atoms with Crippen LogP contribution in [0.4, 0.5) is 13.2 Å². The number of nitrogens with zero attached hydrogens (tertiary/aromatic N) is 3. The molecule has 2 aromatic rings. The first-order chi connectivity index (χ1) is 10.9. The summed E-state index contributed by atoms with van der Waals surface area (Å²) in [7, 11) is 3.46. The van der Waals surface area contributed by atoms with Crippen LogP contribution in [0.25, 0.3) is 0 Å². The maximum atomic E-state index is 12.5. The Morgan fingerprint density at radius 3 is 2.22 bits per heavy atom. The zero-order valence-corrected chi connectivity index (χ0v) is 12.9. The Balaban J connectivity index is 1.85. The molecule has 1 aromatic carbocycles. The van der Waals surface area contributed by atoms with E-state index in [1.165, 1.54) is 12.1 Å². The minimum Gasteiger partial charge on any atom is -0.352 e. The lowest BCUT2D eigenvalue weighted by Gasteiger charge is -2.12. The summed E-state index contributed by atoms with van der Waals surface area (Å²) in [6, 6.07) is 5.04. The van der Waals surface area contributed by atoms with Gasteiger partial charge in [0.1, 0.15) is 0 Å². The van der Waals surface area contributed by atoms with Gasteiger partial charge in [0.2, 0.25) is 0 Å². The molecule has 0 fully saturated rings. The fourth-order valence-corrected chi connectivity index (χ4v) is 1.97. The molecule has 0 unspecified atom stereocenters. The maximum absolute atomic E-state index is 12.5. The average Bonchev–Trinajstić information content (AvgIpc) is 2.92. The number of hydrogen-bond acceptors (Lipinski definition) is 2. The summed E-state index contributed by atoms with van der Waals surface area (Å²) in [6.07, 6.45) is -0.681. The summed E-state index contributed by atoms with van der Waals surface area (Å²) >= 11 is 0. The fourth-order valence-electron chi connectivity index (χ4n) is 1.97. The molecule has 2 rings (SSSR count). The van der Waals surface area contributed by atoms with Crippen LogP contribution in [0.1, 0.15) is 16.7 Å². The number of alkyl halides is 3. The SMILES string of the molecule is CN=C(NCc1ccc(C(F)(F)F)cc1)NCc1cnn(C)c1. The number of aryl methyl sites for hydroxylation is 1. The predicted molar refractivity (Wildman–Crippen MR) is 81.7 cm³/mol. The number of benzene rings is 1. The molecule has 0 spiro atoms. The molecule has 124 valence electrons. The third-order valence-electron chi connectivity index (χ3n) is 3.18. The molecule has 0 amide bonds. The zero-order chi connectivity index (χ0) is 16.9. The first kappa shape index (κ1) is 16.9. The van der Waals surface area contributed by atoms with Crippen LogP contribution in [-0.4, -0.2) is 22.8 Å². The molecule has 1 aromatic heterocycles. The number of guanidine groups is 1. The van der Waals surface area contributed by atoms with Crippen molar-refractivity contribution in [3.8, 4) is 0 Å². The number of aromatic nitrogens is 2. The van der Waals surface area contributed by atoms with Gasteiger partial charge in [0.15, 0.2) is 5.96 Å². The van der Waals surface area contributed by atoms with E-state index >= 15 is 0 Å². The van der Waals surface area contributed by atoms with Crippen LogP contribution in [0, 0.1) is 0 Å². The van der Waals surface area contributed by atoms with Gasteiger partial charge < -0.3 is 10.6 Å². The zero-order valence-electron chi connectivity index (χ0n) is 12.9. The Kier molecular flexibility index (Phi) is 5.25. The van der Waals surface area contributed by atoms with Gasteiger partial charge in [-0.1, -0.05) is 12.1 Å². The van der Waals surface area contributed by atoms with E-state index in [4.69, 9.17) is 0 Å². The molecular weight excluding hydrogens is 307 g/mol. The number of hydrogen-bond donors (Lipinski definition) is 2. The first-order valence-corrected chi connectivity index (χ1v) is 6.96. The van der Waals surface area contributed by atoms with E-state index in [1.54, 1.807) is 17.9 Å². The second-order valence-electron chi connectivity index (χ2n) is 5.00. The lowest BCUT2D eigenvalue weighted by Crippen LogP contribution is -2.36. The highest BCUT2D eigenvalue weighted by Crippen LogP contribution is 2.28. The lowest BCUT2D eigenvalue weighted by atomic mass is 10.1. The van der Waals surface area contributed by atoms with Gasteiger partial charge in [-0.05, 0) is 17.7 Å². The molecule has 5 nitrogen and oxygen atoms in total. The average molecular weight is 325 g/mol. The lowest BCUT2D eigenvalue weighted by molar-refractivity contribution is -0.137. The Hall–Kier alpha value is -2.51. The van der Waals surface area contributed by atoms with Gasteiger partial charge in [0.25, 0.3) is 0 Å². The quantitative estimate of drug-likeness (QED) is 0.670. The van der Waals surface area contributed by atoms with E-state index in [0.717, 1.165) is 23.3 Å². The molecule has 0 aliphatic rings. The topological polar surface area (TPSA) is 54.2 Å². The van der Waals surface area contributed by atoms with Crippen molar-refractivity contribution in [3.05, 3.63) is 53.3 Å². The van der Waals surface area contributed by atoms with Crippen molar-refractivity contribution in [2.45, 2.75) is 19.3 Å². The van der Waals surface area contributed by atoms with Gasteiger partial charge in [0.05, 0.1) is 11.8 Å². The van der Waals surface area contributed by atoms with Gasteiger partial charge >= 0.3 is 6.18 Å². The summed E-state index contributed by atoms with van der Waals surface area (Å²) in [5.74, 6) is 0.564. The number of nitrogens with one attached hydrogen (secondary N) is 2. The van der Waals surface area contributed by atoms with E-state index in [1.807, 2.05) is 13.2 Å². The van der Waals surface area contributed by atoms with Crippen LogP contribution >= 0.6 is 0 Å². The highest BCUT2D eigenvalue weighted by molar-refractivity contribution is 5.79. The molecule has 8 heteroatoms. The van der Waals surface area contributed by atoms with Crippen LogP contribution in [0.15, 0.2) is 41.7 Å². The van der Waals surface area contributed by atoms with Crippen molar-refractivity contribution < 1.29 is 13.2 Å². The molecule has 0 radical (unpaired) electrons. The Labute approximate surface area is 132 Å². The van der Waals surface area contributed by atoms with Crippen molar-refractivity contribution in [3.63, 3.8) is 0 Å². The molecular formula is C15H18F3N5. The van der Waals surface area contributed by atoms with Crippen LogP contribution in [0.5, 0.6) is 0 Å². The van der Waals surface area contributed by atoms with Crippen molar-refractivity contribution in [2.24, 2.45) is 12.0 Å². The van der Waals surface area contributed by atoms with Gasteiger partial charge in [0, 0.05) is 38.9 Å². The summed E-state index contributed by atoms with van der Waals surface area (Å²) in [6.45, 7) is 0.936. The van der Waals surface area contributed by atoms with E-state index in [0.29, 0.717) is 19.0 Å². The second-order valence-corrected chi connectivity index (χ2v) is 5.00. The molecule has 0 bridgehead atoms. The molecule has 1 heterocycles. The molecule has 0 aliphatic heterocycles.